The number of benzene rings is 3. The van der Waals surface area contributed by atoms with E-state index in [4.69, 9.17) is 14.2 Å². The van der Waals surface area contributed by atoms with Gasteiger partial charge in [-0.05, 0) is 77.0 Å². The number of hydrogen-bond acceptors (Lipinski definition) is 6. The molecule has 3 aromatic rings. The van der Waals surface area contributed by atoms with Crippen LogP contribution >= 0.6 is 31.9 Å². The Morgan fingerprint density at radius 3 is 2.35 bits per heavy atom. The Bertz CT molecular complexity index is 1390. The summed E-state index contributed by atoms with van der Waals surface area (Å²) < 4.78 is 18.5. The van der Waals surface area contributed by atoms with Gasteiger partial charge in [-0.1, -0.05) is 34.1 Å². The summed E-state index contributed by atoms with van der Waals surface area (Å²) in [5, 5.41) is 2.22. The van der Waals surface area contributed by atoms with Crippen LogP contribution in [-0.4, -0.2) is 31.6 Å². The molecule has 0 aromatic heterocycles. The van der Waals surface area contributed by atoms with E-state index >= 15 is 0 Å². The SMILES string of the molecule is CCOc1cc(/C=C2\C(=O)NC(=O)N(c3ccc(OC)cc3)C2=O)cc(Br)c1OCc1ccccc1Br. The lowest BCUT2D eigenvalue weighted by Gasteiger charge is -2.26. The van der Waals surface area contributed by atoms with Crippen LogP contribution < -0.4 is 24.4 Å². The number of rotatable bonds is 8. The number of barbiturate groups is 1. The molecular weight excluding hydrogens is 608 g/mol. The number of hydrogen-bond donors (Lipinski definition) is 1. The van der Waals surface area contributed by atoms with E-state index in [1.165, 1.54) is 13.2 Å². The number of halogens is 2. The van der Waals surface area contributed by atoms with E-state index in [9.17, 15) is 14.4 Å². The summed E-state index contributed by atoms with van der Waals surface area (Å²) in [6.45, 7) is 2.50. The molecule has 1 fully saturated rings. The summed E-state index contributed by atoms with van der Waals surface area (Å²) in [6, 6.07) is 16.6. The third-order valence-corrected chi connectivity index (χ3v) is 6.77. The van der Waals surface area contributed by atoms with Gasteiger partial charge in [-0.15, -0.1) is 0 Å². The monoisotopic (exact) mass is 628 g/mol. The number of nitrogens with one attached hydrogen (secondary N) is 1. The van der Waals surface area contributed by atoms with Gasteiger partial charge in [0.05, 0.1) is 23.9 Å². The van der Waals surface area contributed by atoms with Gasteiger partial charge in [0.1, 0.15) is 17.9 Å². The van der Waals surface area contributed by atoms with Crippen molar-refractivity contribution in [2.45, 2.75) is 13.5 Å². The van der Waals surface area contributed by atoms with Crippen LogP contribution in [-0.2, 0) is 16.2 Å². The van der Waals surface area contributed by atoms with Crippen molar-refractivity contribution in [3.8, 4) is 17.2 Å². The first-order valence-electron chi connectivity index (χ1n) is 11.2. The Hall–Kier alpha value is -3.63. The highest BCUT2D eigenvalue weighted by molar-refractivity contribution is 9.10. The van der Waals surface area contributed by atoms with Crippen LogP contribution in [0.25, 0.3) is 6.08 Å². The fourth-order valence-electron chi connectivity index (χ4n) is 3.63. The molecule has 0 bridgehead atoms. The Morgan fingerprint density at radius 2 is 1.68 bits per heavy atom. The highest BCUT2D eigenvalue weighted by Crippen LogP contribution is 2.38. The number of amides is 4. The van der Waals surface area contributed by atoms with E-state index in [0.717, 1.165) is 14.9 Å². The molecule has 37 heavy (non-hydrogen) atoms. The molecule has 0 atom stereocenters. The molecule has 1 heterocycles. The minimum Gasteiger partial charge on any atom is -0.497 e. The van der Waals surface area contributed by atoms with Gasteiger partial charge in [0.2, 0.25) is 0 Å². The lowest BCUT2D eigenvalue weighted by atomic mass is 10.1. The van der Waals surface area contributed by atoms with Crippen LogP contribution in [0.3, 0.4) is 0 Å². The van der Waals surface area contributed by atoms with Gasteiger partial charge in [-0.2, -0.15) is 0 Å². The second-order valence-electron chi connectivity index (χ2n) is 7.80. The van der Waals surface area contributed by atoms with Crippen LogP contribution in [0.1, 0.15) is 18.1 Å². The number of imide groups is 2. The third-order valence-electron chi connectivity index (χ3n) is 5.40. The summed E-state index contributed by atoms with van der Waals surface area (Å²) in [6.07, 6.45) is 1.41. The normalized spacial score (nSPS) is 14.5. The van der Waals surface area contributed by atoms with Crippen molar-refractivity contribution in [1.82, 2.24) is 5.32 Å². The maximum absolute atomic E-state index is 13.2. The molecule has 0 radical (unpaired) electrons. The zero-order valence-corrected chi connectivity index (χ0v) is 23.1. The minimum absolute atomic E-state index is 0.202. The fourth-order valence-corrected chi connectivity index (χ4v) is 4.60. The number of nitrogens with zero attached hydrogens (tertiary/aromatic N) is 1. The topological polar surface area (TPSA) is 94.2 Å². The molecule has 1 N–H and O–H groups in total. The summed E-state index contributed by atoms with van der Waals surface area (Å²) in [7, 11) is 1.51. The highest BCUT2D eigenvalue weighted by atomic mass is 79.9. The van der Waals surface area contributed by atoms with Crippen molar-refractivity contribution in [2.75, 3.05) is 18.6 Å². The Kier molecular flexibility index (Phi) is 8.30. The standard InChI is InChI=1S/C27H22Br2N2O6/c1-3-36-23-14-16(13-22(29)24(23)37-15-17-6-4-5-7-21(17)28)12-20-25(32)30-27(34)31(26(20)33)18-8-10-19(35-2)11-9-18/h4-14H,3,15H2,1-2H3,(H,30,32,34)/b20-12+. The van der Waals surface area contributed by atoms with Gasteiger partial charge in [-0.25, -0.2) is 9.69 Å². The summed E-state index contributed by atoms with van der Waals surface area (Å²) in [5.74, 6) is -0.0576. The van der Waals surface area contributed by atoms with Crippen LogP contribution in [0.2, 0.25) is 0 Å². The molecule has 8 nitrogen and oxygen atoms in total. The van der Waals surface area contributed by atoms with Gasteiger partial charge in [0.25, 0.3) is 11.8 Å². The van der Waals surface area contributed by atoms with Crippen LogP contribution in [0.15, 0.2) is 75.2 Å². The van der Waals surface area contributed by atoms with Crippen molar-refractivity contribution in [3.63, 3.8) is 0 Å². The van der Waals surface area contributed by atoms with Crippen molar-refractivity contribution < 1.29 is 28.6 Å². The van der Waals surface area contributed by atoms with Gasteiger partial charge >= 0.3 is 6.03 Å². The first-order chi connectivity index (χ1) is 17.8. The predicted molar refractivity (Wildman–Crippen MR) is 146 cm³/mol. The molecule has 0 saturated carbocycles. The van der Waals surface area contributed by atoms with Crippen LogP contribution in [0.4, 0.5) is 10.5 Å². The maximum atomic E-state index is 13.2. The molecule has 4 rings (SSSR count). The number of anilines is 1. The molecule has 1 aliphatic rings. The molecule has 4 amide bonds. The van der Waals surface area contributed by atoms with Crippen molar-refractivity contribution in [3.05, 3.63) is 86.3 Å². The summed E-state index contributed by atoms with van der Waals surface area (Å²) in [5.41, 5.74) is 1.56. The Balaban J connectivity index is 1.65. The Morgan fingerprint density at radius 1 is 0.946 bits per heavy atom. The van der Waals surface area contributed by atoms with E-state index in [1.54, 1.807) is 36.4 Å². The second-order valence-corrected chi connectivity index (χ2v) is 9.51. The van der Waals surface area contributed by atoms with E-state index in [0.29, 0.717) is 46.2 Å². The minimum atomic E-state index is -0.829. The first-order valence-corrected chi connectivity index (χ1v) is 12.8. The lowest BCUT2D eigenvalue weighted by molar-refractivity contribution is -0.122. The van der Waals surface area contributed by atoms with Crippen molar-refractivity contribution in [1.29, 1.82) is 0 Å². The summed E-state index contributed by atoms with van der Waals surface area (Å²) >= 11 is 7.03. The molecule has 1 aliphatic heterocycles. The molecule has 3 aromatic carbocycles. The van der Waals surface area contributed by atoms with E-state index in [1.807, 2.05) is 31.2 Å². The molecule has 0 spiro atoms. The Labute approximate surface area is 230 Å². The van der Waals surface area contributed by atoms with Gasteiger partial charge in [-0.3, -0.25) is 14.9 Å². The first kappa shape index (κ1) is 26.4. The molecular formula is C27H22Br2N2O6. The van der Waals surface area contributed by atoms with E-state index in [2.05, 4.69) is 37.2 Å². The van der Waals surface area contributed by atoms with Gasteiger partial charge in [0, 0.05) is 10.0 Å². The number of ether oxygens (including phenoxy) is 3. The molecule has 190 valence electrons. The average Bonchev–Trinajstić information content (AvgIpc) is 2.87. The lowest BCUT2D eigenvalue weighted by Crippen LogP contribution is -2.54. The van der Waals surface area contributed by atoms with Crippen LogP contribution in [0, 0.1) is 0 Å². The largest absolute Gasteiger partial charge is 0.497 e. The van der Waals surface area contributed by atoms with E-state index in [-0.39, 0.29) is 5.57 Å². The molecule has 10 heteroatoms. The second kappa shape index (κ2) is 11.6. The third kappa shape index (κ3) is 5.86. The number of methoxy groups -OCH3 is 1. The quantitative estimate of drug-likeness (QED) is 0.248. The van der Waals surface area contributed by atoms with E-state index < -0.39 is 17.8 Å². The zero-order chi connectivity index (χ0) is 26.5. The number of carbonyl (C=O) groups is 3. The molecule has 1 saturated heterocycles. The molecule has 0 aliphatic carbocycles. The fraction of sp³-hybridized carbons (Fsp3) is 0.148. The number of carbonyl (C=O) groups excluding carboxylic acids is 3. The maximum Gasteiger partial charge on any atom is 0.335 e. The van der Waals surface area contributed by atoms with Gasteiger partial charge in [0.15, 0.2) is 11.5 Å². The van der Waals surface area contributed by atoms with Crippen molar-refractivity contribution in [2.24, 2.45) is 0 Å². The summed E-state index contributed by atoms with van der Waals surface area (Å²) in [4.78, 5) is 39.2. The van der Waals surface area contributed by atoms with Crippen molar-refractivity contribution >= 4 is 61.5 Å². The number of urea groups is 1. The predicted octanol–water partition coefficient (Wildman–Crippen LogP) is 5.86. The highest BCUT2D eigenvalue weighted by Gasteiger charge is 2.37. The van der Waals surface area contributed by atoms with Crippen LogP contribution in [0.5, 0.6) is 17.2 Å². The smallest absolute Gasteiger partial charge is 0.335 e. The zero-order valence-electron chi connectivity index (χ0n) is 19.9. The average molecular weight is 630 g/mol. The molecule has 0 unspecified atom stereocenters. The van der Waals surface area contributed by atoms with Gasteiger partial charge < -0.3 is 14.2 Å².